The van der Waals surface area contributed by atoms with Gasteiger partial charge in [0.1, 0.15) is 16.5 Å². The number of hydrogen-bond acceptors (Lipinski definition) is 7. The Kier molecular flexibility index (Phi) is 5.84. The number of aromatic nitrogens is 2. The van der Waals surface area contributed by atoms with E-state index in [0.29, 0.717) is 24.0 Å². The average Bonchev–Trinajstić information content (AvgIpc) is 3.05. The Morgan fingerprint density at radius 3 is 2.48 bits per heavy atom. The number of nitrogens with one attached hydrogen (secondary N) is 1. The molecule has 0 saturated carbocycles. The van der Waals surface area contributed by atoms with Crippen molar-refractivity contribution in [3.05, 3.63) is 66.4 Å². The first kappa shape index (κ1) is 22.7. The van der Waals surface area contributed by atoms with Gasteiger partial charge in [-0.3, -0.25) is 4.79 Å². The number of carbonyl (C=O) groups excluding carboxylic acids is 1. The number of rotatable bonds is 5. The highest BCUT2D eigenvalue weighted by Gasteiger charge is 2.39. The molecule has 4 rings (SSSR count). The highest BCUT2D eigenvalue weighted by Crippen LogP contribution is 2.38. The third-order valence-corrected chi connectivity index (χ3v) is 7.21. The van der Waals surface area contributed by atoms with Gasteiger partial charge in [-0.2, -0.15) is 0 Å². The maximum Gasteiger partial charge on any atom is 0.268 e. The Morgan fingerprint density at radius 1 is 1.12 bits per heavy atom. The molecule has 1 aliphatic heterocycles. The van der Waals surface area contributed by atoms with Crippen molar-refractivity contribution < 1.29 is 13.2 Å². The van der Waals surface area contributed by atoms with Crippen LogP contribution in [-0.2, 0) is 10.0 Å². The molecule has 1 saturated heterocycles. The second-order valence-electron chi connectivity index (χ2n) is 8.99. The number of sulfonamides is 1. The molecule has 1 aromatic carbocycles. The Bertz CT molecular complexity index is 1290. The van der Waals surface area contributed by atoms with Crippen molar-refractivity contribution in [2.45, 2.75) is 37.6 Å². The van der Waals surface area contributed by atoms with Gasteiger partial charge in [-0.25, -0.2) is 23.1 Å². The Balaban J connectivity index is 1.77. The zero-order chi connectivity index (χ0) is 23.8. The highest BCUT2D eigenvalue weighted by atomic mass is 32.2. The van der Waals surface area contributed by atoms with Crippen LogP contribution in [0.2, 0.25) is 0 Å². The summed E-state index contributed by atoms with van der Waals surface area (Å²) in [6.45, 7) is 7.06. The van der Waals surface area contributed by atoms with Gasteiger partial charge >= 0.3 is 0 Å². The van der Waals surface area contributed by atoms with Crippen LogP contribution in [0.4, 0.5) is 11.6 Å². The quantitative estimate of drug-likeness (QED) is 0.592. The fraction of sp³-hybridized carbons (Fsp3) is 0.292. The Morgan fingerprint density at radius 2 is 1.85 bits per heavy atom. The van der Waals surface area contributed by atoms with Crippen molar-refractivity contribution in [2.24, 2.45) is 5.92 Å². The molecule has 0 aliphatic carbocycles. The second-order valence-corrected chi connectivity index (χ2v) is 10.6. The number of carbonyl (C=O) groups is 1. The minimum Gasteiger partial charge on any atom is -0.383 e. The van der Waals surface area contributed by atoms with Crippen molar-refractivity contribution in [3.63, 3.8) is 0 Å². The van der Waals surface area contributed by atoms with E-state index >= 15 is 0 Å². The zero-order valence-corrected chi connectivity index (χ0v) is 19.6. The fourth-order valence-corrected chi connectivity index (χ4v) is 5.47. The maximum atomic E-state index is 13.2. The number of benzene rings is 1. The van der Waals surface area contributed by atoms with Crippen LogP contribution in [-0.4, -0.2) is 36.4 Å². The minimum atomic E-state index is -4.21. The summed E-state index contributed by atoms with van der Waals surface area (Å²) in [7, 11) is -4.21. The summed E-state index contributed by atoms with van der Waals surface area (Å²) in [5, 5.41) is 0. The van der Waals surface area contributed by atoms with E-state index in [0.717, 1.165) is 12.0 Å². The zero-order valence-electron chi connectivity index (χ0n) is 18.8. The van der Waals surface area contributed by atoms with Gasteiger partial charge in [0.2, 0.25) is 0 Å². The smallest absolute Gasteiger partial charge is 0.268 e. The summed E-state index contributed by atoms with van der Waals surface area (Å²) in [6.07, 6.45) is 2.31. The maximum absolute atomic E-state index is 13.2. The van der Waals surface area contributed by atoms with E-state index < -0.39 is 15.9 Å². The minimum absolute atomic E-state index is 0.176. The van der Waals surface area contributed by atoms with Crippen LogP contribution in [0.3, 0.4) is 0 Å². The van der Waals surface area contributed by atoms with Crippen molar-refractivity contribution in [3.8, 4) is 11.3 Å². The van der Waals surface area contributed by atoms with Crippen LogP contribution in [0.5, 0.6) is 0 Å². The number of nitrogen functional groups attached to an aromatic ring is 1. The first-order valence-corrected chi connectivity index (χ1v) is 12.2. The molecule has 0 unspecified atom stereocenters. The standard InChI is InChI=1S/C24H27N5O3S/c1-16-14-24(2,3)29(15-16)22-18(11-12-19(27-22)17-8-5-4-6-9-17)23(30)28-33(31,32)20-10-7-13-26-21(20)25/h4-13,16H,14-15H2,1-3H3,(H2,25,26)(H,28,30)/t16-/m0/s1. The molecular weight excluding hydrogens is 438 g/mol. The molecular formula is C24H27N5O3S. The molecule has 1 fully saturated rings. The van der Waals surface area contributed by atoms with E-state index in [9.17, 15) is 13.2 Å². The van der Waals surface area contributed by atoms with E-state index in [1.165, 1.54) is 18.3 Å². The van der Waals surface area contributed by atoms with E-state index in [4.69, 9.17) is 10.7 Å². The number of anilines is 2. The molecule has 3 aromatic rings. The van der Waals surface area contributed by atoms with Gasteiger partial charge in [0, 0.05) is 23.8 Å². The molecule has 0 bridgehead atoms. The molecule has 33 heavy (non-hydrogen) atoms. The summed E-state index contributed by atoms with van der Waals surface area (Å²) in [5.74, 6) is -0.0876. The lowest BCUT2D eigenvalue weighted by Crippen LogP contribution is -2.41. The lowest BCUT2D eigenvalue weighted by molar-refractivity contribution is 0.0981. The van der Waals surface area contributed by atoms with Gasteiger partial charge in [-0.15, -0.1) is 0 Å². The summed E-state index contributed by atoms with van der Waals surface area (Å²) in [6, 6.07) is 15.8. The fourth-order valence-electron chi connectivity index (χ4n) is 4.42. The Labute approximate surface area is 193 Å². The van der Waals surface area contributed by atoms with Crippen molar-refractivity contribution in [1.82, 2.24) is 14.7 Å². The van der Waals surface area contributed by atoms with Crippen molar-refractivity contribution in [2.75, 3.05) is 17.2 Å². The molecule has 172 valence electrons. The molecule has 1 amide bonds. The van der Waals surface area contributed by atoms with Crippen molar-refractivity contribution in [1.29, 1.82) is 0 Å². The lowest BCUT2D eigenvalue weighted by atomic mass is 9.97. The molecule has 3 N–H and O–H groups in total. The highest BCUT2D eigenvalue weighted by molar-refractivity contribution is 7.90. The summed E-state index contributed by atoms with van der Waals surface area (Å²) < 4.78 is 27.8. The molecule has 0 spiro atoms. The first-order valence-electron chi connectivity index (χ1n) is 10.7. The van der Waals surface area contributed by atoms with Crippen molar-refractivity contribution >= 4 is 27.6 Å². The van der Waals surface area contributed by atoms with E-state index in [2.05, 4.69) is 35.4 Å². The molecule has 8 nitrogen and oxygen atoms in total. The summed E-state index contributed by atoms with van der Waals surface area (Å²) >= 11 is 0. The molecule has 2 aromatic heterocycles. The number of hydrogen-bond donors (Lipinski definition) is 2. The molecule has 0 radical (unpaired) electrons. The first-order chi connectivity index (χ1) is 15.6. The van der Waals surface area contributed by atoms with Gasteiger partial charge in [-0.05, 0) is 50.5 Å². The van der Waals surface area contributed by atoms with E-state index in [-0.39, 0.29) is 21.8 Å². The van der Waals surface area contributed by atoms with E-state index in [1.807, 2.05) is 30.3 Å². The largest absolute Gasteiger partial charge is 0.383 e. The number of nitrogens with zero attached hydrogens (tertiary/aromatic N) is 3. The van der Waals surface area contributed by atoms with Crippen LogP contribution in [0, 0.1) is 5.92 Å². The Hall–Kier alpha value is -3.46. The van der Waals surface area contributed by atoms with Crippen LogP contribution < -0.4 is 15.4 Å². The van der Waals surface area contributed by atoms with Crippen LogP contribution in [0.25, 0.3) is 11.3 Å². The molecule has 1 atom stereocenters. The second kappa shape index (κ2) is 8.47. The number of amides is 1. The topological polar surface area (TPSA) is 118 Å². The predicted molar refractivity (Wildman–Crippen MR) is 128 cm³/mol. The van der Waals surface area contributed by atoms with Crippen LogP contribution in [0.1, 0.15) is 37.6 Å². The monoisotopic (exact) mass is 465 g/mol. The third-order valence-electron chi connectivity index (χ3n) is 5.83. The predicted octanol–water partition coefficient (Wildman–Crippen LogP) is 3.47. The summed E-state index contributed by atoms with van der Waals surface area (Å²) in [5.41, 5.74) is 7.27. The third kappa shape index (κ3) is 4.54. The molecule has 9 heteroatoms. The number of nitrogens with two attached hydrogens (primary N) is 1. The lowest BCUT2D eigenvalue weighted by Gasteiger charge is -2.34. The van der Waals surface area contributed by atoms with Crippen LogP contribution in [0.15, 0.2) is 65.7 Å². The van der Waals surface area contributed by atoms with Gasteiger partial charge in [0.05, 0.1) is 11.3 Å². The van der Waals surface area contributed by atoms with Crippen LogP contribution >= 0.6 is 0 Å². The van der Waals surface area contributed by atoms with E-state index in [1.54, 1.807) is 12.1 Å². The van der Waals surface area contributed by atoms with Gasteiger partial charge in [0.15, 0.2) is 0 Å². The molecule has 3 heterocycles. The molecule has 1 aliphatic rings. The number of pyridine rings is 2. The average molecular weight is 466 g/mol. The SMILES string of the molecule is C[C@@H]1CN(c2nc(-c3ccccc3)ccc2C(=O)NS(=O)(=O)c2cccnc2N)C(C)(C)C1. The van der Waals surface area contributed by atoms with Gasteiger partial charge in [0.25, 0.3) is 15.9 Å². The van der Waals surface area contributed by atoms with Gasteiger partial charge in [-0.1, -0.05) is 37.3 Å². The normalized spacial score (nSPS) is 17.7. The van der Waals surface area contributed by atoms with Gasteiger partial charge < -0.3 is 10.6 Å². The summed E-state index contributed by atoms with van der Waals surface area (Å²) in [4.78, 5) is 23.7.